The van der Waals surface area contributed by atoms with Crippen LogP contribution in [0.25, 0.3) is 0 Å². The summed E-state index contributed by atoms with van der Waals surface area (Å²) >= 11 is 0. The molecule has 3 nitrogen and oxygen atoms in total. The van der Waals surface area contributed by atoms with Gasteiger partial charge in [-0.05, 0) is 37.5 Å². The first-order valence-electron chi connectivity index (χ1n) is 7.46. The van der Waals surface area contributed by atoms with E-state index in [-0.39, 0.29) is 12.5 Å². The molecule has 1 aromatic rings. The molecule has 2 N–H and O–H groups in total. The summed E-state index contributed by atoms with van der Waals surface area (Å²) in [6.07, 6.45) is 4.06. The van der Waals surface area contributed by atoms with Crippen LogP contribution in [-0.4, -0.2) is 29.9 Å². The quantitative estimate of drug-likeness (QED) is 0.846. The fraction of sp³-hybridized carbons (Fsp3) is 0.471. The van der Waals surface area contributed by atoms with Crippen LogP contribution in [0.5, 0.6) is 0 Å². The first-order chi connectivity index (χ1) is 10.2. The lowest BCUT2D eigenvalue weighted by Crippen LogP contribution is -2.34. The zero-order valence-corrected chi connectivity index (χ0v) is 12.4. The number of halogens is 1. The Morgan fingerprint density at radius 3 is 2.86 bits per heavy atom. The normalized spacial score (nSPS) is 13.5. The van der Waals surface area contributed by atoms with E-state index in [0.717, 1.165) is 32.2 Å². The van der Waals surface area contributed by atoms with Gasteiger partial charge in [-0.3, -0.25) is 4.79 Å². The third-order valence-electron chi connectivity index (χ3n) is 3.54. The van der Waals surface area contributed by atoms with E-state index in [9.17, 15) is 9.18 Å². The SMILES string of the molecule is CCCCN(C(=O)c1cc(F)ccc1C#CCN)C1CC1. The van der Waals surface area contributed by atoms with Gasteiger partial charge in [0.05, 0.1) is 12.1 Å². The largest absolute Gasteiger partial charge is 0.336 e. The standard InChI is InChI=1S/C17H21FN2O/c1-2-3-11-20(15-8-9-15)17(21)16-12-14(18)7-6-13(16)5-4-10-19/h6-7,12,15H,2-3,8-11,19H2,1H3. The van der Waals surface area contributed by atoms with Gasteiger partial charge in [0, 0.05) is 18.2 Å². The molecule has 1 saturated carbocycles. The van der Waals surface area contributed by atoms with E-state index in [2.05, 4.69) is 18.8 Å². The van der Waals surface area contributed by atoms with Crippen molar-refractivity contribution in [3.8, 4) is 11.8 Å². The highest BCUT2D eigenvalue weighted by atomic mass is 19.1. The Kier molecular flexibility index (Phi) is 5.35. The summed E-state index contributed by atoms with van der Waals surface area (Å²) in [7, 11) is 0. The minimum Gasteiger partial charge on any atom is -0.336 e. The number of amides is 1. The van der Waals surface area contributed by atoms with Crippen molar-refractivity contribution in [2.45, 2.75) is 38.6 Å². The lowest BCUT2D eigenvalue weighted by molar-refractivity contribution is 0.0740. The molecular formula is C17H21FN2O. The number of carbonyl (C=O) groups is 1. The first-order valence-corrected chi connectivity index (χ1v) is 7.46. The Labute approximate surface area is 125 Å². The van der Waals surface area contributed by atoms with Gasteiger partial charge in [-0.1, -0.05) is 25.2 Å². The molecule has 0 unspecified atom stereocenters. The minimum absolute atomic E-state index is 0.119. The number of unbranched alkanes of at least 4 members (excludes halogenated alkanes) is 1. The van der Waals surface area contributed by atoms with Gasteiger partial charge in [-0.25, -0.2) is 4.39 Å². The van der Waals surface area contributed by atoms with Crippen molar-refractivity contribution in [2.24, 2.45) is 5.73 Å². The van der Waals surface area contributed by atoms with Gasteiger partial charge < -0.3 is 10.6 Å². The summed E-state index contributed by atoms with van der Waals surface area (Å²) in [6, 6.07) is 4.47. The molecule has 1 aromatic carbocycles. The van der Waals surface area contributed by atoms with Gasteiger partial charge >= 0.3 is 0 Å². The van der Waals surface area contributed by atoms with E-state index in [1.807, 2.05) is 4.90 Å². The van der Waals surface area contributed by atoms with Crippen molar-refractivity contribution in [1.29, 1.82) is 0 Å². The maximum atomic E-state index is 13.5. The Balaban J connectivity index is 2.29. The molecule has 21 heavy (non-hydrogen) atoms. The van der Waals surface area contributed by atoms with E-state index in [0.29, 0.717) is 17.2 Å². The van der Waals surface area contributed by atoms with Gasteiger partial charge in [-0.2, -0.15) is 0 Å². The van der Waals surface area contributed by atoms with Crippen LogP contribution in [-0.2, 0) is 0 Å². The molecule has 2 rings (SSSR count). The fourth-order valence-corrected chi connectivity index (χ4v) is 2.27. The number of carbonyl (C=O) groups excluding carboxylic acids is 1. The monoisotopic (exact) mass is 288 g/mol. The summed E-state index contributed by atoms with van der Waals surface area (Å²) in [5.41, 5.74) is 6.27. The van der Waals surface area contributed by atoms with Crippen LogP contribution < -0.4 is 5.73 Å². The molecule has 0 atom stereocenters. The lowest BCUT2D eigenvalue weighted by Gasteiger charge is -2.23. The highest BCUT2D eigenvalue weighted by molar-refractivity contribution is 5.97. The molecule has 1 amide bonds. The molecule has 0 spiro atoms. The molecule has 0 aliphatic heterocycles. The minimum atomic E-state index is -0.414. The average molecular weight is 288 g/mol. The first kappa shape index (κ1) is 15.5. The second-order valence-electron chi connectivity index (χ2n) is 5.28. The van der Waals surface area contributed by atoms with Crippen LogP contribution >= 0.6 is 0 Å². The van der Waals surface area contributed by atoms with Gasteiger partial charge in [0.2, 0.25) is 0 Å². The lowest BCUT2D eigenvalue weighted by atomic mass is 10.1. The van der Waals surface area contributed by atoms with Gasteiger partial charge in [0.1, 0.15) is 5.82 Å². The molecule has 0 saturated heterocycles. The number of nitrogens with zero attached hydrogens (tertiary/aromatic N) is 1. The van der Waals surface area contributed by atoms with Crippen molar-refractivity contribution in [3.05, 3.63) is 35.1 Å². The van der Waals surface area contributed by atoms with Gasteiger partial charge in [0.25, 0.3) is 5.91 Å². The highest BCUT2D eigenvalue weighted by Gasteiger charge is 2.33. The predicted molar refractivity (Wildman–Crippen MR) is 81.3 cm³/mol. The van der Waals surface area contributed by atoms with E-state index in [1.54, 1.807) is 6.07 Å². The third-order valence-corrected chi connectivity index (χ3v) is 3.54. The molecule has 0 heterocycles. The maximum absolute atomic E-state index is 13.5. The second-order valence-corrected chi connectivity index (χ2v) is 5.28. The summed E-state index contributed by atoms with van der Waals surface area (Å²) in [5, 5.41) is 0. The second kappa shape index (κ2) is 7.24. The number of hydrogen-bond donors (Lipinski definition) is 1. The molecule has 1 aliphatic rings. The van der Waals surface area contributed by atoms with Gasteiger partial charge in [0.15, 0.2) is 0 Å². The van der Waals surface area contributed by atoms with Crippen LogP contribution in [0.2, 0.25) is 0 Å². The zero-order valence-electron chi connectivity index (χ0n) is 12.4. The topological polar surface area (TPSA) is 46.3 Å². The molecule has 1 aliphatic carbocycles. The molecule has 0 bridgehead atoms. The van der Waals surface area contributed by atoms with Crippen LogP contribution in [0.4, 0.5) is 4.39 Å². The van der Waals surface area contributed by atoms with E-state index in [1.165, 1.54) is 12.1 Å². The summed E-state index contributed by atoms with van der Waals surface area (Å²) < 4.78 is 13.5. The average Bonchev–Trinajstić information content (AvgIpc) is 3.31. The van der Waals surface area contributed by atoms with E-state index >= 15 is 0 Å². The smallest absolute Gasteiger partial charge is 0.255 e. The Bertz CT molecular complexity index is 570. The van der Waals surface area contributed by atoms with Crippen molar-refractivity contribution < 1.29 is 9.18 Å². The molecule has 1 fully saturated rings. The molecule has 112 valence electrons. The third kappa shape index (κ3) is 4.05. The molecule has 0 radical (unpaired) electrons. The molecule has 0 aromatic heterocycles. The van der Waals surface area contributed by atoms with Crippen molar-refractivity contribution in [2.75, 3.05) is 13.1 Å². The number of hydrogen-bond acceptors (Lipinski definition) is 2. The number of benzene rings is 1. The summed E-state index contributed by atoms with van der Waals surface area (Å²) in [5.74, 6) is 5.06. The van der Waals surface area contributed by atoms with Crippen LogP contribution in [0.15, 0.2) is 18.2 Å². The fourth-order valence-electron chi connectivity index (χ4n) is 2.27. The van der Waals surface area contributed by atoms with E-state index < -0.39 is 5.82 Å². The van der Waals surface area contributed by atoms with Crippen LogP contribution in [0.3, 0.4) is 0 Å². The van der Waals surface area contributed by atoms with Crippen molar-refractivity contribution in [1.82, 2.24) is 4.90 Å². The Morgan fingerprint density at radius 1 is 1.48 bits per heavy atom. The summed E-state index contributed by atoms with van der Waals surface area (Å²) in [4.78, 5) is 14.6. The number of rotatable bonds is 5. The predicted octanol–water partition coefficient (Wildman–Crippen LogP) is 2.54. The maximum Gasteiger partial charge on any atom is 0.255 e. The van der Waals surface area contributed by atoms with Gasteiger partial charge in [-0.15, -0.1) is 0 Å². The molecule has 4 heteroatoms. The van der Waals surface area contributed by atoms with E-state index in [4.69, 9.17) is 5.73 Å². The number of nitrogens with two attached hydrogens (primary N) is 1. The van der Waals surface area contributed by atoms with Crippen molar-refractivity contribution >= 4 is 5.91 Å². The molecular weight excluding hydrogens is 267 g/mol. The van der Waals surface area contributed by atoms with Crippen LogP contribution in [0.1, 0.15) is 48.5 Å². The Hall–Kier alpha value is -1.86. The zero-order chi connectivity index (χ0) is 15.2. The summed E-state index contributed by atoms with van der Waals surface area (Å²) in [6.45, 7) is 3.03. The highest BCUT2D eigenvalue weighted by Crippen LogP contribution is 2.29. The Morgan fingerprint density at radius 2 is 2.24 bits per heavy atom. The van der Waals surface area contributed by atoms with Crippen LogP contribution in [0, 0.1) is 17.7 Å². The van der Waals surface area contributed by atoms with Crippen molar-refractivity contribution in [3.63, 3.8) is 0 Å².